The Morgan fingerprint density at radius 2 is 1.89 bits per heavy atom. The van der Waals surface area contributed by atoms with Crippen molar-refractivity contribution >= 4 is 28.0 Å². The van der Waals surface area contributed by atoms with Crippen molar-refractivity contribution in [3.05, 3.63) is 59.7 Å². The van der Waals surface area contributed by atoms with E-state index in [1.807, 2.05) is 48.5 Å². The Morgan fingerprint density at radius 3 is 2.74 bits per heavy atom. The van der Waals surface area contributed by atoms with Gasteiger partial charge in [-0.05, 0) is 12.1 Å². The number of aromatic hydroxyl groups is 1. The molecule has 1 atom stereocenters. The number of aliphatic imine (C=N–C) groups is 1. The second-order valence-electron chi connectivity index (χ2n) is 6.27. The van der Waals surface area contributed by atoms with Gasteiger partial charge in [0.25, 0.3) is 0 Å². The van der Waals surface area contributed by atoms with Crippen molar-refractivity contribution in [2.24, 2.45) is 10.1 Å². The van der Waals surface area contributed by atoms with Crippen LogP contribution < -0.4 is 0 Å². The van der Waals surface area contributed by atoms with Crippen molar-refractivity contribution in [1.82, 2.24) is 4.98 Å². The lowest BCUT2D eigenvalue weighted by Gasteiger charge is -2.07. The van der Waals surface area contributed by atoms with E-state index < -0.39 is 6.10 Å². The van der Waals surface area contributed by atoms with Crippen LogP contribution in [0.2, 0.25) is 0 Å². The van der Waals surface area contributed by atoms with Gasteiger partial charge in [0.15, 0.2) is 5.88 Å². The molecule has 7 heteroatoms. The van der Waals surface area contributed by atoms with E-state index >= 15 is 0 Å². The highest BCUT2D eigenvalue weighted by Gasteiger charge is 2.29. The maximum absolute atomic E-state index is 10.5. The van der Waals surface area contributed by atoms with Gasteiger partial charge in [-0.15, -0.1) is 0 Å². The summed E-state index contributed by atoms with van der Waals surface area (Å²) in [5.41, 5.74) is 3.96. The van der Waals surface area contributed by atoms with E-state index in [4.69, 9.17) is 9.94 Å². The highest BCUT2D eigenvalue weighted by Crippen LogP contribution is 2.35. The number of oxime groups is 1. The van der Waals surface area contributed by atoms with Crippen LogP contribution in [0.3, 0.4) is 0 Å². The first-order valence-corrected chi connectivity index (χ1v) is 8.66. The van der Waals surface area contributed by atoms with E-state index in [1.54, 1.807) is 0 Å². The van der Waals surface area contributed by atoms with E-state index in [2.05, 4.69) is 15.1 Å². The smallest absolute Gasteiger partial charge is 0.199 e. The molecule has 2 aromatic carbocycles. The number of rotatable bonds is 6. The number of aromatic amines is 1. The van der Waals surface area contributed by atoms with Crippen LogP contribution in [0.1, 0.15) is 17.5 Å². The summed E-state index contributed by atoms with van der Waals surface area (Å²) in [6.07, 6.45) is -0.577. The van der Waals surface area contributed by atoms with Crippen LogP contribution in [0.4, 0.5) is 5.69 Å². The number of aromatic nitrogens is 1. The van der Waals surface area contributed by atoms with Gasteiger partial charge in [0.1, 0.15) is 18.0 Å². The average molecular weight is 365 g/mol. The zero-order chi connectivity index (χ0) is 18.8. The summed E-state index contributed by atoms with van der Waals surface area (Å²) in [5.74, 6) is 0.0196. The van der Waals surface area contributed by atoms with Gasteiger partial charge in [-0.1, -0.05) is 41.6 Å². The number of para-hydroxylation sites is 2. The van der Waals surface area contributed by atoms with Crippen molar-refractivity contribution < 1.29 is 20.2 Å². The van der Waals surface area contributed by atoms with Crippen molar-refractivity contribution in [2.75, 3.05) is 13.2 Å². The van der Waals surface area contributed by atoms with Crippen molar-refractivity contribution in [3.63, 3.8) is 0 Å². The average Bonchev–Trinajstić information content (AvgIpc) is 3.21. The number of nitrogens with one attached hydrogen (secondary N) is 1. The summed E-state index contributed by atoms with van der Waals surface area (Å²) < 4.78 is 0. The van der Waals surface area contributed by atoms with Gasteiger partial charge in [-0.25, -0.2) is 4.99 Å². The summed E-state index contributed by atoms with van der Waals surface area (Å²) in [4.78, 5) is 13.0. The van der Waals surface area contributed by atoms with Crippen LogP contribution in [-0.4, -0.2) is 51.0 Å². The maximum atomic E-state index is 10.5. The number of H-pyrrole nitrogens is 1. The van der Waals surface area contributed by atoms with Crippen LogP contribution in [0, 0.1) is 0 Å². The molecule has 27 heavy (non-hydrogen) atoms. The molecule has 0 saturated carbocycles. The monoisotopic (exact) mass is 365 g/mol. The minimum atomic E-state index is -0.841. The molecule has 4 N–H and O–H groups in total. The van der Waals surface area contributed by atoms with Crippen LogP contribution in [0.5, 0.6) is 5.88 Å². The highest BCUT2D eigenvalue weighted by molar-refractivity contribution is 6.58. The largest absolute Gasteiger partial charge is 0.494 e. The van der Waals surface area contributed by atoms with Crippen molar-refractivity contribution in [1.29, 1.82) is 0 Å². The minimum absolute atomic E-state index is 0.0196. The Kier molecular flexibility index (Phi) is 4.62. The molecule has 4 rings (SSSR count). The number of hydrogen-bond donors (Lipinski definition) is 4. The summed E-state index contributed by atoms with van der Waals surface area (Å²) >= 11 is 0. The molecule has 0 fully saturated rings. The van der Waals surface area contributed by atoms with Gasteiger partial charge >= 0.3 is 0 Å². The fourth-order valence-corrected chi connectivity index (χ4v) is 3.10. The predicted molar refractivity (Wildman–Crippen MR) is 103 cm³/mol. The van der Waals surface area contributed by atoms with E-state index in [-0.39, 0.29) is 25.5 Å². The van der Waals surface area contributed by atoms with Crippen molar-refractivity contribution in [2.45, 2.75) is 12.5 Å². The van der Waals surface area contributed by atoms with Crippen LogP contribution in [-0.2, 0) is 4.84 Å². The Bertz CT molecular complexity index is 1040. The third kappa shape index (κ3) is 3.18. The molecule has 2 heterocycles. The van der Waals surface area contributed by atoms with Gasteiger partial charge < -0.3 is 25.1 Å². The molecule has 1 aliphatic heterocycles. The number of hydrogen-bond acceptors (Lipinski definition) is 6. The van der Waals surface area contributed by atoms with E-state index in [1.165, 1.54) is 0 Å². The van der Waals surface area contributed by atoms with Crippen LogP contribution in [0.15, 0.2) is 58.7 Å². The van der Waals surface area contributed by atoms with Gasteiger partial charge in [0.05, 0.1) is 24.0 Å². The third-order valence-corrected chi connectivity index (χ3v) is 4.45. The molecule has 0 radical (unpaired) electrons. The number of aliphatic hydroxyl groups is 2. The van der Waals surface area contributed by atoms with E-state index in [9.17, 15) is 10.2 Å². The highest BCUT2D eigenvalue weighted by atomic mass is 16.6. The number of benzene rings is 2. The molecular formula is C20H19N3O4. The predicted octanol–water partition coefficient (Wildman–Crippen LogP) is 2.47. The van der Waals surface area contributed by atoms with Crippen molar-refractivity contribution in [3.8, 4) is 5.88 Å². The minimum Gasteiger partial charge on any atom is -0.494 e. The molecule has 0 aliphatic carbocycles. The lowest BCUT2D eigenvalue weighted by Crippen LogP contribution is -2.16. The molecule has 3 aromatic rings. The van der Waals surface area contributed by atoms with Crippen LogP contribution >= 0.6 is 0 Å². The first-order chi connectivity index (χ1) is 13.2. The Labute approximate surface area is 155 Å². The topological polar surface area (TPSA) is 110 Å². The SMILES string of the molecule is OCC(O)CCO/N=C1/C(c2c(O)[nH]c3ccccc23)=Nc2ccccc21. The first kappa shape index (κ1) is 17.3. The summed E-state index contributed by atoms with van der Waals surface area (Å²) in [6.45, 7) is -0.167. The number of fused-ring (bicyclic) bond motifs is 2. The third-order valence-electron chi connectivity index (χ3n) is 4.45. The van der Waals surface area contributed by atoms with E-state index in [0.29, 0.717) is 17.0 Å². The van der Waals surface area contributed by atoms with E-state index in [0.717, 1.165) is 22.2 Å². The zero-order valence-electron chi connectivity index (χ0n) is 14.5. The molecule has 0 spiro atoms. The fraction of sp³-hybridized carbons (Fsp3) is 0.200. The summed E-state index contributed by atoms with van der Waals surface area (Å²) in [7, 11) is 0. The second kappa shape index (κ2) is 7.22. The van der Waals surface area contributed by atoms with Gasteiger partial charge in [0.2, 0.25) is 0 Å². The normalized spacial score (nSPS) is 15.8. The Morgan fingerprint density at radius 1 is 1.11 bits per heavy atom. The van der Waals surface area contributed by atoms with Gasteiger partial charge in [0, 0.05) is 22.9 Å². The molecule has 1 unspecified atom stereocenters. The van der Waals surface area contributed by atoms with Gasteiger partial charge in [-0.2, -0.15) is 0 Å². The molecule has 0 amide bonds. The lowest BCUT2D eigenvalue weighted by molar-refractivity contribution is 0.0507. The quantitative estimate of drug-likeness (QED) is 0.397. The standard InChI is InChI=1S/C20H19N3O4/c24-11-12(25)9-10-27-23-18-14-6-2-4-8-16(14)21-19(18)17-13-5-1-3-7-15(13)22-20(17)26/h1-8,12,22,24-26H,9-11H2/b23-18+. The summed E-state index contributed by atoms with van der Waals surface area (Å²) in [5, 5.41) is 33.8. The maximum Gasteiger partial charge on any atom is 0.199 e. The molecule has 1 aromatic heterocycles. The van der Waals surface area contributed by atoms with Crippen LogP contribution in [0.25, 0.3) is 10.9 Å². The summed E-state index contributed by atoms with van der Waals surface area (Å²) in [6, 6.07) is 15.1. The van der Waals surface area contributed by atoms with Gasteiger partial charge in [-0.3, -0.25) is 0 Å². The molecule has 1 aliphatic rings. The number of aliphatic hydroxyl groups excluding tert-OH is 2. The molecular weight excluding hydrogens is 346 g/mol. The zero-order valence-corrected chi connectivity index (χ0v) is 14.5. The second-order valence-corrected chi connectivity index (χ2v) is 6.27. The fourth-order valence-electron chi connectivity index (χ4n) is 3.10. The first-order valence-electron chi connectivity index (χ1n) is 8.66. The molecule has 138 valence electrons. The number of nitrogens with zero attached hydrogens (tertiary/aromatic N) is 2. The Hall–Kier alpha value is -3.16. The molecule has 7 nitrogen and oxygen atoms in total. The lowest BCUT2D eigenvalue weighted by atomic mass is 10.0. The molecule has 0 bridgehead atoms. The Balaban J connectivity index is 1.73. The molecule has 0 saturated heterocycles.